The van der Waals surface area contributed by atoms with Gasteiger partial charge in [-0.3, -0.25) is 9.59 Å². The van der Waals surface area contributed by atoms with Crippen LogP contribution in [0.2, 0.25) is 0 Å². The second-order valence-corrected chi connectivity index (χ2v) is 4.53. The molecule has 0 aliphatic rings. The normalized spacial score (nSPS) is 10.4. The summed E-state index contributed by atoms with van der Waals surface area (Å²) in [6, 6.07) is 3.00. The third-order valence-corrected chi connectivity index (χ3v) is 3.21. The molecule has 0 bridgehead atoms. The molecule has 22 heavy (non-hydrogen) atoms. The van der Waals surface area contributed by atoms with Crippen LogP contribution in [0.3, 0.4) is 0 Å². The number of pyridine rings is 2. The lowest BCUT2D eigenvalue weighted by Gasteiger charge is -2.11. The number of carbonyl (C=O) groups excluding carboxylic acids is 1. The van der Waals surface area contributed by atoms with Crippen molar-refractivity contribution in [3.05, 3.63) is 45.8 Å². The molecular weight excluding hydrogens is 293 g/mol. The number of hydrogen-bond acceptors (Lipinski definition) is 5. The maximum atomic E-state index is 13.8. The van der Waals surface area contributed by atoms with E-state index in [0.717, 1.165) is 4.57 Å². The minimum absolute atomic E-state index is 0.0647. The Morgan fingerprint density at radius 1 is 1.45 bits per heavy atom. The Hall–Kier alpha value is -2.90. The Morgan fingerprint density at radius 2 is 2.14 bits per heavy atom. The van der Waals surface area contributed by atoms with E-state index in [2.05, 4.69) is 10.3 Å². The highest BCUT2D eigenvalue weighted by Crippen LogP contribution is 2.21. The lowest BCUT2D eigenvalue weighted by Crippen LogP contribution is -2.30. The van der Waals surface area contributed by atoms with Gasteiger partial charge in [0.25, 0.3) is 11.5 Å². The lowest BCUT2D eigenvalue weighted by atomic mass is 10.2. The zero-order chi connectivity index (χ0) is 16.4. The van der Waals surface area contributed by atoms with Crippen molar-refractivity contribution in [3.8, 4) is 11.6 Å². The quantitative estimate of drug-likeness (QED) is 0.888. The average molecular weight is 307 g/mol. The Kier molecular flexibility index (Phi) is 4.11. The molecule has 0 saturated heterocycles. The van der Waals surface area contributed by atoms with Gasteiger partial charge in [-0.15, -0.1) is 0 Å². The number of amides is 1. The van der Waals surface area contributed by atoms with E-state index in [9.17, 15) is 19.1 Å². The Bertz CT molecular complexity index is 784. The van der Waals surface area contributed by atoms with Crippen LogP contribution in [-0.2, 0) is 7.05 Å². The van der Waals surface area contributed by atoms with Crippen molar-refractivity contribution in [3.63, 3.8) is 0 Å². The molecule has 0 aliphatic heterocycles. The number of anilines is 1. The van der Waals surface area contributed by atoms with E-state index >= 15 is 0 Å². The van der Waals surface area contributed by atoms with Crippen LogP contribution >= 0.6 is 0 Å². The van der Waals surface area contributed by atoms with E-state index in [4.69, 9.17) is 4.74 Å². The molecule has 2 rings (SSSR count). The monoisotopic (exact) mass is 307 g/mol. The summed E-state index contributed by atoms with van der Waals surface area (Å²) < 4.78 is 19.6. The molecule has 8 heteroatoms. The number of hydrogen-bond donors (Lipinski definition) is 2. The highest BCUT2D eigenvalue weighted by atomic mass is 19.1. The van der Waals surface area contributed by atoms with E-state index < -0.39 is 28.6 Å². The number of aromatic hydroxyl groups is 1. The van der Waals surface area contributed by atoms with Crippen LogP contribution in [0.15, 0.2) is 23.1 Å². The van der Waals surface area contributed by atoms with Gasteiger partial charge in [-0.05, 0) is 13.0 Å². The number of methoxy groups -OCH3 is 1. The van der Waals surface area contributed by atoms with E-state index in [1.165, 1.54) is 39.4 Å². The van der Waals surface area contributed by atoms with Crippen LogP contribution in [0.5, 0.6) is 11.6 Å². The fraction of sp³-hybridized carbons (Fsp3) is 0.214. The lowest BCUT2D eigenvalue weighted by molar-refractivity contribution is 0.102. The van der Waals surface area contributed by atoms with Crippen molar-refractivity contribution >= 4 is 11.6 Å². The van der Waals surface area contributed by atoms with Gasteiger partial charge in [0.1, 0.15) is 5.56 Å². The molecule has 2 aromatic heterocycles. The topological polar surface area (TPSA) is 93.5 Å². The highest BCUT2D eigenvalue weighted by Gasteiger charge is 2.23. The summed E-state index contributed by atoms with van der Waals surface area (Å²) in [5, 5.41) is 12.1. The summed E-state index contributed by atoms with van der Waals surface area (Å²) in [4.78, 5) is 28.0. The Labute approximate surface area is 125 Å². The van der Waals surface area contributed by atoms with Gasteiger partial charge in [0.05, 0.1) is 24.7 Å². The second kappa shape index (κ2) is 5.84. The van der Waals surface area contributed by atoms with E-state index in [1.54, 1.807) is 0 Å². The van der Waals surface area contributed by atoms with Gasteiger partial charge in [-0.1, -0.05) is 0 Å². The van der Waals surface area contributed by atoms with Gasteiger partial charge in [-0.2, -0.15) is 0 Å². The minimum atomic E-state index is -1.01. The third-order valence-electron chi connectivity index (χ3n) is 3.21. The minimum Gasteiger partial charge on any atom is -0.504 e. The molecule has 0 spiro atoms. The molecule has 2 heterocycles. The number of ether oxygens (including phenoxy) is 1. The Morgan fingerprint density at radius 3 is 2.68 bits per heavy atom. The zero-order valence-electron chi connectivity index (χ0n) is 12.2. The van der Waals surface area contributed by atoms with E-state index in [0.29, 0.717) is 5.88 Å². The van der Waals surface area contributed by atoms with Crippen LogP contribution in [0.4, 0.5) is 10.1 Å². The van der Waals surface area contributed by atoms with Crippen LogP contribution in [-0.4, -0.2) is 27.7 Å². The first kappa shape index (κ1) is 15.5. The van der Waals surface area contributed by atoms with Crippen molar-refractivity contribution < 1.29 is 19.0 Å². The first-order valence-corrected chi connectivity index (χ1v) is 6.26. The molecule has 0 aromatic carbocycles. The summed E-state index contributed by atoms with van der Waals surface area (Å²) >= 11 is 0. The second-order valence-electron chi connectivity index (χ2n) is 4.53. The number of halogens is 1. The highest BCUT2D eigenvalue weighted by molar-refractivity contribution is 6.05. The van der Waals surface area contributed by atoms with Gasteiger partial charge in [0.15, 0.2) is 11.6 Å². The number of nitrogens with one attached hydrogen (secondary N) is 1. The SMILES string of the molecule is COc1ccc(NC(=O)c2c(O)c(F)c(C)n(C)c2=O)cn1. The van der Waals surface area contributed by atoms with Gasteiger partial charge in [0.2, 0.25) is 5.88 Å². The van der Waals surface area contributed by atoms with Crippen LogP contribution in [0.25, 0.3) is 0 Å². The predicted molar refractivity (Wildman–Crippen MR) is 76.8 cm³/mol. The maximum absolute atomic E-state index is 13.8. The molecule has 0 atom stereocenters. The number of aromatic nitrogens is 2. The van der Waals surface area contributed by atoms with Gasteiger partial charge >= 0.3 is 0 Å². The zero-order valence-corrected chi connectivity index (χ0v) is 12.2. The molecule has 1 amide bonds. The predicted octanol–water partition coefficient (Wildman–Crippen LogP) is 1.19. The molecule has 0 aliphatic carbocycles. The summed E-state index contributed by atoms with van der Waals surface area (Å²) in [6.45, 7) is 1.32. The summed E-state index contributed by atoms with van der Waals surface area (Å²) in [5.41, 5.74) is -1.25. The molecule has 0 saturated carbocycles. The van der Waals surface area contributed by atoms with Crippen LogP contribution in [0, 0.1) is 12.7 Å². The maximum Gasteiger partial charge on any atom is 0.267 e. The van der Waals surface area contributed by atoms with Crippen LogP contribution in [0.1, 0.15) is 16.1 Å². The molecule has 2 N–H and O–H groups in total. The summed E-state index contributed by atoms with van der Waals surface area (Å²) in [7, 11) is 2.75. The first-order chi connectivity index (χ1) is 10.4. The van der Waals surface area contributed by atoms with Crippen molar-refractivity contribution in [1.82, 2.24) is 9.55 Å². The smallest absolute Gasteiger partial charge is 0.267 e. The van der Waals surface area contributed by atoms with Crippen molar-refractivity contribution in [2.24, 2.45) is 7.05 Å². The van der Waals surface area contributed by atoms with E-state index in [-0.39, 0.29) is 11.4 Å². The van der Waals surface area contributed by atoms with E-state index in [1.807, 2.05) is 0 Å². The van der Waals surface area contributed by atoms with Crippen LogP contribution < -0.4 is 15.6 Å². The van der Waals surface area contributed by atoms with Crippen molar-refractivity contribution in [1.29, 1.82) is 0 Å². The molecule has 7 nitrogen and oxygen atoms in total. The summed E-state index contributed by atoms with van der Waals surface area (Å²) in [5.74, 6) is -2.57. The molecule has 0 radical (unpaired) electrons. The summed E-state index contributed by atoms with van der Waals surface area (Å²) in [6.07, 6.45) is 1.31. The first-order valence-electron chi connectivity index (χ1n) is 6.26. The molecular formula is C14H14FN3O4. The Balaban J connectivity index is 2.39. The fourth-order valence-corrected chi connectivity index (χ4v) is 1.82. The standard InChI is InChI=1S/C14H14FN3O4/c1-7-11(15)12(19)10(14(21)18(7)2)13(20)17-8-4-5-9(22-3)16-6-8/h4-6,19H,1-3H3,(H,17,20). The van der Waals surface area contributed by atoms with Crippen molar-refractivity contribution in [2.45, 2.75) is 6.92 Å². The van der Waals surface area contributed by atoms with Crippen molar-refractivity contribution in [2.75, 3.05) is 12.4 Å². The fourth-order valence-electron chi connectivity index (χ4n) is 1.82. The van der Waals surface area contributed by atoms with Gasteiger partial charge in [0, 0.05) is 13.1 Å². The number of carbonyl (C=O) groups is 1. The number of rotatable bonds is 3. The molecule has 2 aromatic rings. The average Bonchev–Trinajstić information content (AvgIpc) is 2.52. The molecule has 0 unspecified atom stereocenters. The van der Waals surface area contributed by atoms with Gasteiger partial charge < -0.3 is 19.7 Å². The third kappa shape index (κ3) is 2.62. The van der Waals surface area contributed by atoms with Gasteiger partial charge in [-0.25, -0.2) is 9.37 Å². The largest absolute Gasteiger partial charge is 0.504 e. The molecule has 116 valence electrons. The molecule has 0 fully saturated rings. The number of nitrogens with zero attached hydrogens (tertiary/aromatic N) is 2.